The Bertz CT molecular complexity index is 492. The van der Waals surface area contributed by atoms with Crippen LogP contribution in [0.1, 0.15) is 24.0 Å². The Kier molecular flexibility index (Phi) is 5.85. The third kappa shape index (κ3) is 6.08. The number of hydrogen-bond donors (Lipinski definition) is 1. The second-order valence-corrected chi connectivity index (χ2v) is 7.08. The van der Waals surface area contributed by atoms with Gasteiger partial charge in [0.15, 0.2) is 0 Å². The van der Waals surface area contributed by atoms with Gasteiger partial charge in [0.05, 0.1) is 6.61 Å². The third-order valence-electron chi connectivity index (χ3n) is 3.07. The molecule has 0 heterocycles. The van der Waals surface area contributed by atoms with Gasteiger partial charge in [-0.3, -0.25) is 0 Å². The van der Waals surface area contributed by atoms with Crippen LogP contribution < -0.4 is 10.1 Å². The molecule has 0 spiro atoms. The van der Waals surface area contributed by atoms with Gasteiger partial charge in [0, 0.05) is 28.4 Å². The first-order valence-electron chi connectivity index (χ1n) is 6.71. The van der Waals surface area contributed by atoms with E-state index in [1.165, 1.54) is 12.8 Å². The number of ether oxygens (including phenoxy) is 1. The Morgan fingerprint density at radius 2 is 2.10 bits per heavy atom. The lowest BCUT2D eigenvalue weighted by Gasteiger charge is -2.16. The fourth-order valence-corrected chi connectivity index (χ4v) is 3.00. The van der Waals surface area contributed by atoms with Crippen molar-refractivity contribution in [2.24, 2.45) is 0 Å². The third-order valence-corrected chi connectivity index (χ3v) is 4.23. The van der Waals surface area contributed by atoms with Gasteiger partial charge in [-0.2, -0.15) is 13.2 Å². The van der Waals surface area contributed by atoms with Gasteiger partial charge in [-0.15, -0.1) is 0 Å². The van der Waals surface area contributed by atoms with Gasteiger partial charge >= 0.3 is 5.51 Å². The fourth-order valence-electron chi connectivity index (χ4n) is 1.98. The lowest BCUT2D eigenvalue weighted by Crippen LogP contribution is -2.17. The maximum absolute atomic E-state index is 12.1. The minimum absolute atomic E-state index is 0.0447. The number of nitrogens with one attached hydrogen (secondary N) is 1. The van der Waals surface area contributed by atoms with Crippen LogP contribution in [0.15, 0.2) is 16.6 Å². The Morgan fingerprint density at radius 1 is 1.38 bits per heavy atom. The van der Waals surface area contributed by atoms with E-state index < -0.39 is 5.51 Å². The summed E-state index contributed by atoms with van der Waals surface area (Å²) in [5, 5.41) is 3.40. The van der Waals surface area contributed by atoms with E-state index in [0.717, 1.165) is 15.6 Å². The molecule has 1 fully saturated rings. The summed E-state index contributed by atoms with van der Waals surface area (Å²) in [6.45, 7) is 2.62. The number of benzene rings is 1. The molecular formula is C14H17BrF3NOS. The minimum Gasteiger partial charge on any atom is -0.492 e. The summed E-state index contributed by atoms with van der Waals surface area (Å²) in [5.41, 5.74) is -2.30. The monoisotopic (exact) mass is 383 g/mol. The van der Waals surface area contributed by atoms with Gasteiger partial charge < -0.3 is 10.1 Å². The van der Waals surface area contributed by atoms with Crippen molar-refractivity contribution in [1.29, 1.82) is 0 Å². The van der Waals surface area contributed by atoms with Crippen LogP contribution in [0.2, 0.25) is 0 Å². The van der Waals surface area contributed by atoms with Gasteiger partial charge in [0.2, 0.25) is 0 Å². The molecule has 1 aliphatic carbocycles. The van der Waals surface area contributed by atoms with Gasteiger partial charge in [-0.1, -0.05) is 15.9 Å². The Labute approximate surface area is 134 Å². The van der Waals surface area contributed by atoms with Crippen molar-refractivity contribution in [2.45, 2.75) is 37.9 Å². The molecule has 0 atom stereocenters. The molecule has 118 valence electrons. The van der Waals surface area contributed by atoms with Gasteiger partial charge in [0.25, 0.3) is 0 Å². The first-order chi connectivity index (χ1) is 9.85. The highest BCUT2D eigenvalue weighted by Crippen LogP contribution is 2.32. The average molecular weight is 384 g/mol. The molecule has 1 aliphatic rings. The van der Waals surface area contributed by atoms with E-state index in [2.05, 4.69) is 21.2 Å². The van der Waals surface area contributed by atoms with Crippen molar-refractivity contribution >= 4 is 27.7 Å². The number of rotatable bonds is 7. The van der Waals surface area contributed by atoms with Crippen LogP contribution in [-0.2, 0) is 6.54 Å². The van der Waals surface area contributed by atoms with Crippen molar-refractivity contribution in [3.05, 3.63) is 27.7 Å². The summed E-state index contributed by atoms with van der Waals surface area (Å²) < 4.78 is 42.8. The van der Waals surface area contributed by atoms with Crippen LogP contribution in [0.4, 0.5) is 13.2 Å². The largest absolute Gasteiger partial charge is 0.492 e. The number of alkyl halides is 3. The minimum atomic E-state index is -4.20. The van der Waals surface area contributed by atoms with E-state index in [4.69, 9.17) is 4.74 Å². The maximum atomic E-state index is 12.1. The van der Waals surface area contributed by atoms with Crippen LogP contribution in [0.3, 0.4) is 0 Å². The molecule has 0 unspecified atom stereocenters. The maximum Gasteiger partial charge on any atom is 0.441 e. The van der Waals surface area contributed by atoms with E-state index >= 15 is 0 Å². The van der Waals surface area contributed by atoms with Crippen LogP contribution in [0.25, 0.3) is 0 Å². The standard InChI is InChI=1S/C14H17BrF3NOS/c1-9-6-11(15)7-10(8-19-12-2-3-12)13(9)20-4-5-21-14(16,17)18/h6-7,12,19H,2-5,8H2,1H3. The van der Waals surface area contributed by atoms with Gasteiger partial charge in [0.1, 0.15) is 5.75 Å². The van der Waals surface area contributed by atoms with E-state index in [1.807, 2.05) is 19.1 Å². The number of halogens is 4. The van der Waals surface area contributed by atoms with Crippen LogP contribution in [0, 0.1) is 6.92 Å². The smallest absolute Gasteiger partial charge is 0.441 e. The number of aryl methyl sites for hydroxylation is 1. The average Bonchev–Trinajstić information content (AvgIpc) is 3.16. The molecule has 0 amide bonds. The second-order valence-electron chi connectivity index (χ2n) is 5.01. The zero-order valence-electron chi connectivity index (χ0n) is 11.6. The molecular weight excluding hydrogens is 367 g/mol. The lowest BCUT2D eigenvalue weighted by atomic mass is 10.1. The van der Waals surface area contributed by atoms with Crippen molar-refractivity contribution in [1.82, 2.24) is 5.32 Å². The predicted octanol–water partition coefficient (Wildman–Crippen LogP) is 4.64. The molecule has 0 saturated heterocycles. The van der Waals surface area contributed by atoms with Crippen LogP contribution in [0.5, 0.6) is 5.75 Å². The predicted molar refractivity (Wildman–Crippen MR) is 82.7 cm³/mol. The first kappa shape index (κ1) is 17.0. The normalized spacial score (nSPS) is 15.3. The molecule has 1 saturated carbocycles. The van der Waals surface area contributed by atoms with E-state index in [-0.39, 0.29) is 24.1 Å². The van der Waals surface area contributed by atoms with Crippen molar-refractivity contribution < 1.29 is 17.9 Å². The van der Waals surface area contributed by atoms with E-state index in [1.54, 1.807) is 0 Å². The molecule has 0 bridgehead atoms. The fraction of sp³-hybridized carbons (Fsp3) is 0.571. The summed E-state index contributed by atoms with van der Waals surface area (Å²) in [6.07, 6.45) is 2.37. The molecule has 1 aromatic carbocycles. The molecule has 0 aromatic heterocycles. The number of hydrogen-bond acceptors (Lipinski definition) is 3. The van der Waals surface area contributed by atoms with Crippen molar-refractivity contribution in [2.75, 3.05) is 12.4 Å². The summed E-state index contributed by atoms with van der Waals surface area (Å²) in [4.78, 5) is 0. The Hall–Kier alpha value is -0.400. The number of thioether (sulfide) groups is 1. The Morgan fingerprint density at radius 3 is 2.71 bits per heavy atom. The molecule has 1 aromatic rings. The molecule has 2 nitrogen and oxygen atoms in total. The molecule has 21 heavy (non-hydrogen) atoms. The van der Waals surface area contributed by atoms with Crippen LogP contribution >= 0.6 is 27.7 Å². The quantitative estimate of drug-likeness (QED) is 0.692. The zero-order valence-corrected chi connectivity index (χ0v) is 14.0. The molecule has 0 aliphatic heterocycles. The lowest BCUT2D eigenvalue weighted by molar-refractivity contribution is -0.0329. The summed E-state index contributed by atoms with van der Waals surface area (Å²) in [6, 6.07) is 4.43. The first-order valence-corrected chi connectivity index (χ1v) is 8.49. The van der Waals surface area contributed by atoms with Crippen LogP contribution in [-0.4, -0.2) is 23.9 Å². The summed E-state index contributed by atoms with van der Waals surface area (Å²) >= 11 is 3.39. The second kappa shape index (κ2) is 7.24. The summed E-state index contributed by atoms with van der Waals surface area (Å²) in [7, 11) is 0. The highest BCUT2D eigenvalue weighted by molar-refractivity contribution is 9.10. The summed E-state index contributed by atoms with van der Waals surface area (Å²) in [5.74, 6) is 0.586. The van der Waals surface area contributed by atoms with E-state index in [9.17, 15) is 13.2 Å². The molecule has 7 heteroatoms. The highest BCUT2D eigenvalue weighted by atomic mass is 79.9. The zero-order chi connectivity index (χ0) is 15.5. The van der Waals surface area contributed by atoms with Gasteiger partial charge in [-0.25, -0.2) is 0 Å². The molecule has 0 radical (unpaired) electrons. The van der Waals surface area contributed by atoms with Gasteiger partial charge in [-0.05, 0) is 49.2 Å². The Balaban J connectivity index is 1.95. The van der Waals surface area contributed by atoms with Crippen molar-refractivity contribution in [3.8, 4) is 5.75 Å². The highest BCUT2D eigenvalue weighted by Gasteiger charge is 2.27. The molecule has 2 rings (SSSR count). The van der Waals surface area contributed by atoms with Crippen molar-refractivity contribution in [3.63, 3.8) is 0 Å². The topological polar surface area (TPSA) is 21.3 Å². The SMILES string of the molecule is Cc1cc(Br)cc(CNC2CC2)c1OCCSC(F)(F)F. The van der Waals surface area contributed by atoms with E-state index in [0.29, 0.717) is 18.3 Å². The molecule has 1 N–H and O–H groups in total.